The summed E-state index contributed by atoms with van der Waals surface area (Å²) in [7, 11) is 0. The van der Waals surface area contributed by atoms with E-state index in [-0.39, 0.29) is 12.2 Å². The molecular weight excluding hydrogens is 307 g/mol. The lowest BCUT2D eigenvalue weighted by Gasteiger charge is -2.10. The maximum absolute atomic E-state index is 14.2. The number of halogens is 1. The third-order valence-electron chi connectivity index (χ3n) is 4.25. The minimum Gasteiger partial charge on any atom is -0.481 e. The first kappa shape index (κ1) is 16.2. The van der Waals surface area contributed by atoms with Gasteiger partial charge in [0.1, 0.15) is 11.6 Å². The van der Waals surface area contributed by atoms with E-state index in [1.807, 2.05) is 30.5 Å². The molecule has 0 aliphatic heterocycles. The number of fused-ring (bicyclic) bond motifs is 1. The fraction of sp³-hybridized carbons (Fsp3) is 0.263. The zero-order valence-electron chi connectivity index (χ0n) is 13.7. The smallest absolute Gasteiger partial charge is 0.303 e. The summed E-state index contributed by atoms with van der Waals surface area (Å²) in [6, 6.07) is 10.5. The van der Waals surface area contributed by atoms with Crippen molar-refractivity contribution >= 4 is 17.0 Å². The molecule has 0 radical (unpaired) electrons. The van der Waals surface area contributed by atoms with Gasteiger partial charge in [-0.05, 0) is 55.7 Å². The van der Waals surface area contributed by atoms with Crippen molar-refractivity contribution in [1.82, 2.24) is 9.55 Å². The van der Waals surface area contributed by atoms with Crippen molar-refractivity contribution in [2.75, 3.05) is 0 Å². The Balaban J connectivity index is 2.16. The number of hydrogen-bond acceptors (Lipinski definition) is 2. The fourth-order valence-electron chi connectivity index (χ4n) is 2.84. The molecule has 0 spiro atoms. The third-order valence-corrected chi connectivity index (χ3v) is 4.25. The molecule has 3 rings (SSSR count). The van der Waals surface area contributed by atoms with E-state index in [9.17, 15) is 9.18 Å². The molecule has 0 bridgehead atoms. The van der Waals surface area contributed by atoms with Gasteiger partial charge in [-0.15, -0.1) is 0 Å². The first-order valence-corrected chi connectivity index (χ1v) is 7.91. The van der Waals surface area contributed by atoms with E-state index in [0.717, 1.165) is 22.2 Å². The van der Waals surface area contributed by atoms with Crippen molar-refractivity contribution < 1.29 is 14.3 Å². The second-order valence-electron chi connectivity index (χ2n) is 5.99. The van der Waals surface area contributed by atoms with E-state index in [0.29, 0.717) is 24.4 Å². The van der Waals surface area contributed by atoms with Crippen molar-refractivity contribution in [3.8, 4) is 11.4 Å². The van der Waals surface area contributed by atoms with Gasteiger partial charge in [-0.3, -0.25) is 4.79 Å². The SMILES string of the molecule is Cc1cc2nc(-c3ccccc3F)n(CCCC(=O)O)c2cc1C. The second-order valence-corrected chi connectivity index (χ2v) is 5.99. The predicted molar refractivity (Wildman–Crippen MR) is 91.5 cm³/mol. The van der Waals surface area contributed by atoms with Crippen molar-refractivity contribution in [3.63, 3.8) is 0 Å². The summed E-state index contributed by atoms with van der Waals surface area (Å²) in [6.07, 6.45) is 0.538. The Morgan fingerprint density at radius 2 is 1.92 bits per heavy atom. The molecule has 0 aliphatic rings. The lowest BCUT2D eigenvalue weighted by molar-refractivity contribution is -0.137. The quantitative estimate of drug-likeness (QED) is 0.759. The molecule has 0 aliphatic carbocycles. The minimum absolute atomic E-state index is 0.0707. The molecule has 1 N–H and O–H groups in total. The third kappa shape index (κ3) is 3.02. The number of aryl methyl sites for hydroxylation is 3. The summed E-state index contributed by atoms with van der Waals surface area (Å²) >= 11 is 0. The molecule has 1 heterocycles. The van der Waals surface area contributed by atoms with Gasteiger partial charge in [0.15, 0.2) is 0 Å². The van der Waals surface area contributed by atoms with Gasteiger partial charge >= 0.3 is 5.97 Å². The molecular formula is C19H19FN2O2. The van der Waals surface area contributed by atoms with Crippen LogP contribution in [0.15, 0.2) is 36.4 Å². The van der Waals surface area contributed by atoms with Crippen LogP contribution < -0.4 is 0 Å². The zero-order valence-corrected chi connectivity index (χ0v) is 13.7. The van der Waals surface area contributed by atoms with Crippen LogP contribution >= 0.6 is 0 Å². The average molecular weight is 326 g/mol. The summed E-state index contributed by atoms with van der Waals surface area (Å²) in [6.45, 7) is 4.52. The Morgan fingerprint density at radius 1 is 1.21 bits per heavy atom. The van der Waals surface area contributed by atoms with Gasteiger partial charge in [0.2, 0.25) is 0 Å². The number of imidazole rings is 1. The number of aliphatic carboxylic acids is 1. The summed E-state index contributed by atoms with van der Waals surface area (Å²) < 4.78 is 16.2. The molecule has 1 aromatic heterocycles. The summed E-state index contributed by atoms with van der Waals surface area (Å²) in [5.74, 6) is -0.627. The van der Waals surface area contributed by atoms with Crippen molar-refractivity contribution in [3.05, 3.63) is 53.3 Å². The lowest BCUT2D eigenvalue weighted by atomic mass is 10.1. The largest absolute Gasteiger partial charge is 0.481 e. The molecule has 0 saturated carbocycles. The van der Waals surface area contributed by atoms with Crippen molar-refractivity contribution in [2.45, 2.75) is 33.2 Å². The number of nitrogens with zero attached hydrogens (tertiary/aromatic N) is 2. The van der Waals surface area contributed by atoms with E-state index in [2.05, 4.69) is 4.98 Å². The van der Waals surface area contributed by atoms with E-state index < -0.39 is 5.97 Å². The van der Waals surface area contributed by atoms with Gasteiger partial charge in [0.05, 0.1) is 16.6 Å². The topological polar surface area (TPSA) is 55.1 Å². The monoisotopic (exact) mass is 326 g/mol. The normalized spacial score (nSPS) is 11.1. The Kier molecular flexibility index (Phi) is 4.34. The van der Waals surface area contributed by atoms with Crippen LogP contribution in [0, 0.1) is 19.7 Å². The Labute approximate surface area is 139 Å². The highest BCUT2D eigenvalue weighted by atomic mass is 19.1. The van der Waals surface area contributed by atoms with Gasteiger partial charge in [-0.2, -0.15) is 0 Å². The van der Waals surface area contributed by atoms with Crippen LogP contribution in [0.4, 0.5) is 4.39 Å². The number of rotatable bonds is 5. The lowest BCUT2D eigenvalue weighted by Crippen LogP contribution is -2.04. The van der Waals surface area contributed by atoms with Crippen molar-refractivity contribution in [2.24, 2.45) is 0 Å². The first-order chi connectivity index (χ1) is 11.5. The molecule has 0 atom stereocenters. The molecule has 2 aromatic carbocycles. The van der Waals surface area contributed by atoms with Crippen LogP contribution in [0.25, 0.3) is 22.4 Å². The average Bonchev–Trinajstić information content (AvgIpc) is 2.86. The Bertz CT molecular complexity index is 915. The van der Waals surface area contributed by atoms with Crippen LogP contribution in [-0.4, -0.2) is 20.6 Å². The number of carboxylic acids is 1. The minimum atomic E-state index is -0.834. The van der Waals surface area contributed by atoms with Crippen LogP contribution in [-0.2, 0) is 11.3 Å². The highest BCUT2D eigenvalue weighted by Crippen LogP contribution is 2.29. The van der Waals surface area contributed by atoms with Crippen LogP contribution in [0.1, 0.15) is 24.0 Å². The summed E-state index contributed by atoms with van der Waals surface area (Å²) in [5, 5.41) is 8.88. The summed E-state index contributed by atoms with van der Waals surface area (Å²) in [5.41, 5.74) is 4.38. The Hall–Kier alpha value is -2.69. The second kappa shape index (κ2) is 6.43. The number of carboxylic acid groups (broad SMARTS) is 1. The van der Waals surface area contributed by atoms with Gasteiger partial charge in [-0.25, -0.2) is 9.37 Å². The molecule has 124 valence electrons. The number of hydrogen-bond donors (Lipinski definition) is 1. The molecule has 0 saturated heterocycles. The van der Waals surface area contributed by atoms with E-state index in [4.69, 9.17) is 5.11 Å². The molecule has 0 unspecified atom stereocenters. The van der Waals surface area contributed by atoms with Gasteiger partial charge in [0.25, 0.3) is 0 Å². The highest BCUT2D eigenvalue weighted by Gasteiger charge is 2.16. The molecule has 24 heavy (non-hydrogen) atoms. The molecule has 3 aromatic rings. The molecule has 4 nitrogen and oxygen atoms in total. The first-order valence-electron chi connectivity index (χ1n) is 7.91. The predicted octanol–water partition coefficient (Wildman–Crippen LogP) is 4.32. The van der Waals surface area contributed by atoms with Crippen molar-refractivity contribution in [1.29, 1.82) is 0 Å². The van der Waals surface area contributed by atoms with E-state index in [1.54, 1.807) is 18.2 Å². The zero-order chi connectivity index (χ0) is 17.3. The fourth-order valence-corrected chi connectivity index (χ4v) is 2.84. The molecule has 0 amide bonds. The van der Waals surface area contributed by atoms with Gasteiger partial charge in [0, 0.05) is 13.0 Å². The summed E-state index contributed by atoms with van der Waals surface area (Å²) in [4.78, 5) is 15.4. The van der Waals surface area contributed by atoms with Gasteiger partial charge in [-0.1, -0.05) is 12.1 Å². The standard InChI is InChI=1S/C19H19FN2O2/c1-12-10-16-17(11-13(12)2)22(9-5-8-18(23)24)19(21-16)14-6-3-4-7-15(14)20/h3-4,6-7,10-11H,5,8-9H2,1-2H3,(H,23,24). The van der Waals surface area contributed by atoms with E-state index >= 15 is 0 Å². The number of carbonyl (C=O) groups is 1. The molecule has 0 fully saturated rings. The van der Waals surface area contributed by atoms with Crippen LogP contribution in [0.3, 0.4) is 0 Å². The molecule has 5 heteroatoms. The van der Waals surface area contributed by atoms with Crippen LogP contribution in [0.2, 0.25) is 0 Å². The number of benzene rings is 2. The van der Waals surface area contributed by atoms with E-state index in [1.165, 1.54) is 6.07 Å². The van der Waals surface area contributed by atoms with Crippen LogP contribution in [0.5, 0.6) is 0 Å². The maximum atomic E-state index is 14.2. The maximum Gasteiger partial charge on any atom is 0.303 e. The van der Waals surface area contributed by atoms with Gasteiger partial charge < -0.3 is 9.67 Å². The highest BCUT2D eigenvalue weighted by molar-refractivity contribution is 5.82. The Morgan fingerprint density at radius 3 is 2.62 bits per heavy atom. The number of aromatic nitrogens is 2.